The van der Waals surface area contributed by atoms with Gasteiger partial charge in [-0.1, -0.05) is 54.2 Å². The van der Waals surface area contributed by atoms with E-state index in [0.29, 0.717) is 12.8 Å². The molecule has 140 valence electrons. The number of fused-ring (bicyclic) bond motifs is 1. The summed E-state index contributed by atoms with van der Waals surface area (Å²) in [4.78, 5) is 21.5. The molecule has 27 heavy (non-hydrogen) atoms. The van der Waals surface area contributed by atoms with Crippen LogP contribution < -0.4 is 5.32 Å². The van der Waals surface area contributed by atoms with Crippen molar-refractivity contribution in [3.63, 3.8) is 0 Å². The maximum Gasteiger partial charge on any atom is 0.220 e. The highest BCUT2D eigenvalue weighted by atomic mass is 32.2. The highest BCUT2D eigenvalue weighted by Gasteiger charge is 2.14. The molecule has 2 aromatic carbocycles. The predicted molar refractivity (Wildman–Crippen MR) is 112 cm³/mol. The largest absolute Gasteiger partial charge is 0.350 e. The zero-order valence-corrected chi connectivity index (χ0v) is 17.1. The molecule has 0 aliphatic heterocycles. The minimum absolute atomic E-state index is 0.0408. The van der Waals surface area contributed by atoms with E-state index in [2.05, 4.69) is 39.6 Å². The van der Waals surface area contributed by atoms with Crippen LogP contribution in [0.25, 0.3) is 10.8 Å². The van der Waals surface area contributed by atoms with Gasteiger partial charge < -0.3 is 5.32 Å². The number of nitrogens with one attached hydrogen (secondary N) is 1. The van der Waals surface area contributed by atoms with E-state index >= 15 is 0 Å². The van der Waals surface area contributed by atoms with E-state index < -0.39 is 0 Å². The third kappa shape index (κ3) is 4.48. The lowest BCUT2D eigenvalue weighted by atomic mass is 9.99. The highest BCUT2D eigenvalue weighted by molar-refractivity contribution is 7.98. The molecular formula is C22H25N3OS. The first kappa shape index (κ1) is 19.4. The predicted octanol–water partition coefficient (Wildman–Crippen LogP) is 4.78. The lowest BCUT2D eigenvalue weighted by molar-refractivity contribution is -0.121. The Morgan fingerprint density at radius 2 is 1.74 bits per heavy atom. The Labute approximate surface area is 164 Å². The first-order valence-corrected chi connectivity index (χ1v) is 10.4. The fourth-order valence-electron chi connectivity index (χ4n) is 3.42. The van der Waals surface area contributed by atoms with Gasteiger partial charge in [0.25, 0.3) is 0 Å². The van der Waals surface area contributed by atoms with Crippen LogP contribution in [-0.2, 0) is 11.2 Å². The molecule has 5 heteroatoms. The molecule has 4 nitrogen and oxygen atoms in total. The summed E-state index contributed by atoms with van der Waals surface area (Å²) in [6, 6.07) is 14.4. The van der Waals surface area contributed by atoms with E-state index in [4.69, 9.17) is 0 Å². The molecule has 1 unspecified atom stereocenters. The number of hydrogen-bond donors (Lipinski definition) is 1. The van der Waals surface area contributed by atoms with E-state index in [1.807, 2.05) is 45.2 Å². The summed E-state index contributed by atoms with van der Waals surface area (Å²) in [5, 5.41) is 6.29. The van der Waals surface area contributed by atoms with Crippen LogP contribution in [-0.4, -0.2) is 22.1 Å². The van der Waals surface area contributed by atoms with Crippen LogP contribution in [0.5, 0.6) is 0 Å². The molecule has 3 rings (SSSR count). The van der Waals surface area contributed by atoms with Crippen molar-refractivity contribution in [1.82, 2.24) is 15.3 Å². The van der Waals surface area contributed by atoms with Gasteiger partial charge in [0, 0.05) is 17.8 Å². The number of thioether (sulfide) groups is 1. The van der Waals surface area contributed by atoms with Gasteiger partial charge in [-0.05, 0) is 55.3 Å². The third-order valence-electron chi connectivity index (χ3n) is 4.85. The number of hydrogen-bond acceptors (Lipinski definition) is 4. The topological polar surface area (TPSA) is 54.9 Å². The molecule has 1 aromatic heterocycles. The molecule has 1 amide bonds. The molecule has 3 aromatic rings. The fraction of sp³-hybridized carbons (Fsp3) is 0.318. The third-order valence-corrected chi connectivity index (χ3v) is 5.40. The molecule has 0 radical (unpaired) electrons. The summed E-state index contributed by atoms with van der Waals surface area (Å²) >= 11 is 1.54. The van der Waals surface area contributed by atoms with E-state index in [9.17, 15) is 4.79 Å². The summed E-state index contributed by atoms with van der Waals surface area (Å²) in [5.41, 5.74) is 4.13. The average molecular weight is 380 g/mol. The minimum Gasteiger partial charge on any atom is -0.350 e. The van der Waals surface area contributed by atoms with Crippen molar-refractivity contribution in [3.05, 3.63) is 65.0 Å². The van der Waals surface area contributed by atoms with Crippen LogP contribution in [0.3, 0.4) is 0 Å². The second kappa shape index (κ2) is 8.53. The molecule has 1 heterocycles. The summed E-state index contributed by atoms with van der Waals surface area (Å²) in [5.74, 6) is 0.0446. The standard InChI is InChI=1S/C22H25N3OS/c1-14-18(15(2)25-22(24-14)27-4)12-13-21(26)23-16(3)19-11-7-9-17-8-5-6-10-20(17)19/h5-11,16H,12-13H2,1-4H3,(H,23,26). The first-order chi connectivity index (χ1) is 13.0. The van der Waals surface area contributed by atoms with Gasteiger partial charge in [0.2, 0.25) is 5.91 Å². The Hall–Kier alpha value is -2.40. The molecule has 0 fully saturated rings. The van der Waals surface area contributed by atoms with Crippen LogP contribution in [0.2, 0.25) is 0 Å². The Morgan fingerprint density at radius 3 is 2.44 bits per heavy atom. The van der Waals surface area contributed by atoms with Crippen molar-refractivity contribution in [2.45, 2.75) is 44.8 Å². The number of aromatic nitrogens is 2. The Kier molecular flexibility index (Phi) is 6.11. The maximum absolute atomic E-state index is 12.5. The van der Waals surface area contributed by atoms with Crippen molar-refractivity contribution < 1.29 is 4.79 Å². The summed E-state index contributed by atoms with van der Waals surface area (Å²) < 4.78 is 0. The fourth-order valence-corrected chi connectivity index (χ4v) is 3.88. The van der Waals surface area contributed by atoms with E-state index in [-0.39, 0.29) is 11.9 Å². The van der Waals surface area contributed by atoms with Crippen LogP contribution >= 0.6 is 11.8 Å². The molecular weight excluding hydrogens is 354 g/mol. The van der Waals surface area contributed by atoms with Crippen LogP contribution in [0.15, 0.2) is 47.6 Å². The molecule has 0 saturated heterocycles. The van der Waals surface area contributed by atoms with Gasteiger partial charge in [-0.15, -0.1) is 0 Å². The van der Waals surface area contributed by atoms with Crippen molar-refractivity contribution in [1.29, 1.82) is 0 Å². The molecule has 1 atom stereocenters. The number of carbonyl (C=O) groups is 1. The van der Waals surface area contributed by atoms with Crippen LogP contribution in [0.1, 0.15) is 41.9 Å². The normalized spacial score (nSPS) is 12.1. The quantitative estimate of drug-likeness (QED) is 0.495. The monoisotopic (exact) mass is 379 g/mol. The highest BCUT2D eigenvalue weighted by Crippen LogP contribution is 2.24. The molecule has 0 bridgehead atoms. The van der Waals surface area contributed by atoms with E-state index in [1.54, 1.807) is 0 Å². The number of carbonyl (C=O) groups excluding carboxylic acids is 1. The Bertz CT molecular complexity index is 942. The van der Waals surface area contributed by atoms with Gasteiger partial charge in [-0.2, -0.15) is 0 Å². The van der Waals surface area contributed by atoms with E-state index in [1.165, 1.54) is 22.5 Å². The SMILES string of the molecule is CSc1nc(C)c(CCC(=O)NC(C)c2cccc3ccccc23)c(C)n1. The van der Waals surface area contributed by atoms with Crippen molar-refractivity contribution in [3.8, 4) is 0 Å². The van der Waals surface area contributed by atoms with Crippen molar-refractivity contribution >= 4 is 28.4 Å². The molecule has 0 saturated carbocycles. The first-order valence-electron chi connectivity index (χ1n) is 9.14. The van der Waals surface area contributed by atoms with Gasteiger partial charge >= 0.3 is 0 Å². The van der Waals surface area contributed by atoms with Crippen molar-refractivity contribution in [2.24, 2.45) is 0 Å². The average Bonchev–Trinajstić information content (AvgIpc) is 2.66. The number of nitrogens with zero attached hydrogens (tertiary/aromatic N) is 2. The van der Waals surface area contributed by atoms with Gasteiger partial charge in [-0.25, -0.2) is 9.97 Å². The second-order valence-electron chi connectivity index (χ2n) is 6.72. The van der Waals surface area contributed by atoms with Crippen molar-refractivity contribution in [2.75, 3.05) is 6.26 Å². The smallest absolute Gasteiger partial charge is 0.220 e. The van der Waals surface area contributed by atoms with Crippen LogP contribution in [0, 0.1) is 13.8 Å². The molecule has 0 aliphatic rings. The number of rotatable bonds is 6. The Balaban J connectivity index is 1.67. The lowest BCUT2D eigenvalue weighted by Crippen LogP contribution is -2.27. The number of benzene rings is 2. The summed E-state index contributed by atoms with van der Waals surface area (Å²) in [6.07, 6.45) is 3.05. The second-order valence-corrected chi connectivity index (χ2v) is 7.49. The summed E-state index contributed by atoms with van der Waals surface area (Å²) in [7, 11) is 0. The zero-order valence-electron chi connectivity index (χ0n) is 16.2. The van der Waals surface area contributed by atoms with Gasteiger partial charge in [0.15, 0.2) is 5.16 Å². The number of aryl methyl sites for hydroxylation is 2. The Morgan fingerprint density at radius 1 is 1.07 bits per heavy atom. The molecule has 0 aliphatic carbocycles. The maximum atomic E-state index is 12.5. The van der Waals surface area contributed by atoms with E-state index in [0.717, 1.165) is 27.7 Å². The van der Waals surface area contributed by atoms with Gasteiger partial charge in [-0.3, -0.25) is 4.79 Å². The van der Waals surface area contributed by atoms with Crippen LogP contribution in [0.4, 0.5) is 0 Å². The minimum atomic E-state index is -0.0408. The summed E-state index contributed by atoms with van der Waals surface area (Å²) in [6.45, 7) is 6.01. The van der Waals surface area contributed by atoms with Gasteiger partial charge in [0.1, 0.15) is 0 Å². The molecule has 0 spiro atoms. The lowest BCUT2D eigenvalue weighted by Gasteiger charge is -2.17. The zero-order chi connectivity index (χ0) is 19.4. The number of amides is 1. The van der Waals surface area contributed by atoms with Gasteiger partial charge in [0.05, 0.1) is 6.04 Å². The molecule has 1 N–H and O–H groups in total.